The second kappa shape index (κ2) is 9.36. The summed E-state index contributed by atoms with van der Waals surface area (Å²) in [5.41, 5.74) is 2.44. The summed E-state index contributed by atoms with van der Waals surface area (Å²) in [7, 11) is 6.54. The van der Waals surface area contributed by atoms with Gasteiger partial charge in [-0.3, -0.25) is 24.1 Å². The first-order valence-corrected chi connectivity index (χ1v) is 11.2. The molecule has 0 bridgehead atoms. The standard InChI is InChI=1S/C24H28N4O8.ClH/c1-27(2)13-7-12(26-8-29)18(30)15-10(13)5-9-6-11-17(28(3)4)20(32)16(23(25)35)22(34)24(11,36)21(33)14(9)19(15)31;/h7-9,11,17,30-31,34,36H,5-6H2,1-4H3,(H2,25,35)(H,26,29);1H/t9?,11?,17-,24-;/m0./s1. The quantitative estimate of drug-likeness (QED) is 0.170. The zero-order chi connectivity index (χ0) is 26.9. The molecule has 3 aliphatic carbocycles. The predicted molar refractivity (Wildman–Crippen MR) is 136 cm³/mol. The molecule has 4 rings (SSSR count). The highest BCUT2D eigenvalue weighted by atomic mass is 35.5. The van der Waals surface area contributed by atoms with Crippen LogP contribution in [0.1, 0.15) is 17.5 Å². The van der Waals surface area contributed by atoms with Crippen molar-refractivity contribution in [2.75, 3.05) is 38.4 Å². The average Bonchev–Trinajstić information content (AvgIpc) is 2.77. The number of carbonyl (C=O) groups is 4. The van der Waals surface area contributed by atoms with E-state index >= 15 is 0 Å². The van der Waals surface area contributed by atoms with Crippen molar-refractivity contribution in [3.63, 3.8) is 0 Å². The third-order valence-electron chi connectivity index (χ3n) is 7.39. The minimum Gasteiger partial charge on any atom is -0.508 e. The average molecular weight is 537 g/mol. The van der Waals surface area contributed by atoms with E-state index in [1.54, 1.807) is 19.0 Å². The van der Waals surface area contributed by atoms with Crippen molar-refractivity contribution in [3.05, 3.63) is 34.1 Å². The summed E-state index contributed by atoms with van der Waals surface area (Å²) < 4.78 is 0. The van der Waals surface area contributed by atoms with Gasteiger partial charge in [0.15, 0.2) is 11.4 Å². The van der Waals surface area contributed by atoms with Crippen LogP contribution in [0.2, 0.25) is 0 Å². The number of phenolic OH excluding ortho intramolecular Hbond substituents is 1. The molecule has 1 fully saturated rings. The summed E-state index contributed by atoms with van der Waals surface area (Å²) in [5.74, 6) is -7.28. The maximum absolute atomic E-state index is 13.8. The molecule has 37 heavy (non-hydrogen) atoms. The van der Waals surface area contributed by atoms with Gasteiger partial charge in [0, 0.05) is 31.3 Å². The number of hydrogen-bond donors (Lipinski definition) is 6. The first-order valence-electron chi connectivity index (χ1n) is 11.2. The molecule has 0 aromatic heterocycles. The lowest BCUT2D eigenvalue weighted by atomic mass is 9.57. The number of benzene rings is 1. The van der Waals surface area contributed by atoms with E-state index in [9.17, 15) is 39.6 Å². The maximum atomic E-state index is 13.8. The first-order chi connectivity index (χ1) is 16.8. The van der Waals surface area contributed by atoms with E-state index in [1.165, 1.54) is 25.1 Å². The highest BCUT2D eigenvalue weighted by molar-refractivity contribution is 6.24. The largest absolute Gasteiger partial charge is 0.508 e. The molecule has 0 spiro atoms. The van der Waals surface area contributed by atoms with E-state index < -0.39 is 63.8 Å². The van der Waals surface area contributed by atoms with Gasteiger partial charge >= 0.3 is 0 Å². The number of primary amides is 1. The molecule has 0 saturated heterocycles. The number of amides is 2. The van der Waals surface area contributed by atoms with Crippen LogP contribution in [0.5, 0.6) is 5.75 Å². The highest BCUT2D eigenvalue weighted by Crippen LogP contribution is 2.54. The lowest BCUT2D eigenvalue weighted by molar-refractivity contribution is -0.153. The van der Waals surface area contributed by atoms with Crippen LogP contribution >= 0.6 is 12.4 Å². The molecule has 200 valence electrons. The number of nitrogens with one attached hydrogen (secondary N) is 1. The number of ketones is 2. The fraction of sp³-hybridized carbons (Fsp3) is 0.417. The van der Waals surface area contributed by atoms with Crippen molar-refractivity contribution in [1.82, 2.24) is 4.90 Å². The number of aliphatic hydroxyl groups excluding tert-OH is 2. The molecule has 4 atom stereocenters. The molecule has 2 unspecified atom stereocenters. The van der Waals surface area contributed by atoms with E-state index in [1.807, 2.05) is 0 Å². The summed E-state index contributed by atoms with van der Waals surface area (Å²) in [6.07, 6.45) is 0.495. The molecule has 13 heteroatoms. The van der Waals surface area contributed by atoms with Crippen molar-refractivity contribution in [2.45, 2.75) is 24.5 Å². The molecule has 1 aromatic carbocycles. The Labute approximate surface area is 218 Å². The smallest absolute Gasteiger partial charge is 0.255 e. The van der Waals surface area contributed by atoms with E-state index in [0.717, 1.165) is 0 Å². The number of Topliss-reactive ketones (excluding diaryl/α,β-unsaturated/α-hetero) is 2. The lowest BCUT2D eigenvalue weighted by Gasteiger charge is -2.50. The Kier molecular flexibility index (Phi) is 7.08. The number of hydrogen-bond acceptors (Lipinski definition) is 10. The third kappa shape index (κ3) is 3.74. The number of rotatable bonds is 5. The van der Waals surface area contributed by atoms with Crippen LogP contribution in [0.4, 0.5) is 11.4 Å². The summed E-state index contributed by atoms with van der Waals surface area (Å²) >= 11 is 0. The number of likely N-dealkylation sites (N-methyl/N-ethyl adjacent to an activating group) is 1. The topological polar surface area (TPSA) is 194 Å². The van der Waals surface area contributed by atoms with Crippen LogP contribution in [0.15, 0.2) is 23.0 Å². The Morgan fingerprint density at radius 1 is 1.19 bits per heavy atom. The number of halogens is 1. The van der Waals surface area contributed by atoms with Gasteiger partial charge in [0.2, 0.25) is 12.2 Å². The number of anilines is 2. The second-order valence-corrected chi connectivity index (χ2v) is 9.76. The van der Waals surface area contributed by atoms with Crippen LogP contribution in [0, 0.1) is 11.8 Å². The SMILES string of the molecule is CN(C)c1cc(NC=O)c(O)c2c1CC1CC3[C@H](N(C)C)C(=O)C(C(N)=O)=C(O)[C@@]3(O)C(=O)C1=C2O.Cl. The number of aromatic hydroxyl groups is 1. The molecule has 12 nitrogen and oxygen atoms in total. The lowest BCUT2D eigenvalue weighted by Crippen LogP contribution is -2.65. The van der Waals surface area contributed by atoms with Crippen molar-refractivity contribution >= 4 is 53.4 Å². The molecular weight excluding hydrogens is 508 g/mol. The monoisotopic (exact) mass is 536 g/mol. The molecule has 7 N–H and O–H groups in total. The highest BCUT2D eigenvalue weighted by Gasteiger charge is 2.64. The van der Waals surface area contributed by atoms with E-state index in [-0.39, 0.29) is 42.1 Å². The summed E-state index contributed by atoms with van der Waals surface area (Å²) in [4.78, 5) is 53.2. The van der Waals surface area contributed by atoms with Crippen LogP contribution in [-0.2, 0) is 25.6 Å². The Bertz CT molecular complexity index is 1290. The number of aliphatic hydroxyl groups is 3. The van der Waals surface area contributed by atoms with Gasteiger partial charge in [0.1, 0.15) is 22.8 Å². The van der Waals surface area contributed by atoms with Crippen molar-refractivity contribution < 1.29 is 39.6 Å². The van der Waals surface area contributed by atoms with Crippen LogP contribution in [-0.4, -0.2) is 89.0 Å². The Morgan fingerprint density at radius 2 is 1.81 bits per heavy atom. The number of carbonyl (C=O) groups excluding carboxylic acids is 4. The fourth-order valence-corrected chi connectivity index (χ4v) is 5.86. The molecule has 3 aliphatic rings. The second-order valence-electron chi connectivity index (χ2n) is 9.76. The van der Waals surface area contributed by atoms with Crippen molar-refractivity contribution in [3.8, 4) is 5.75 Å². The molecule has 2 amide bonds. The van der Waals surface area contributed by atoms with Gasteiger partial charge in [-0.1, -0.05) is 0 Å². The normalized spacial score (nSPS) is 26.7. The first kappa shape index (κ1) is 28.0. The summed E-state index contributed by atoms with van der Waals surface area (Å²) in [6.45, 7) is 0. The number of phenols is 1. The maximum Gasteiger partial charge on any atom is 0.255 e. The molecule has 0 radical (unpaired) electrons. The summed E-state index contributed by atoms with van der Waals surface area (Å²) in [6, 6.07) is 0.380. The zero-order valence-corrected chi connectivity index (χ0v) is 21.4. The molecule has 0 aliphatic heterocycles. The number of nitrogens with two attached hydrogens (primary N) is 1. The van der Waals surface area contributed by atoms with Gasteiger partial charge in [-0.05, 0) is 44.5 Å². The molecule has 0 heterocycles. The minimum atomic E-state index is -2.71. The van der Waals surface area contributed by atoms with Gasteiger partial charge in [-0.15, -0.1) is 12.4 Å². The predicted octanol–water partition coefficient (Wildman–Crippen LogP) is 0.0201. The van der Waals surface area contributed by atoms with Gasteiger partial charge in [-0.25, -0.2) is 0 Å². The van der Waals surface area contributed by atoms with Gasteiger partial charge in [-0.2, -0.15) is 0 Å². The van der Waals surface area contributed by atoms with Gasteiger partial charge in [0.05, 0.1) is 17.3 Å². The Morgan fingerprint density at radius 3 is 2.32 bits per heavy atom. The van der Waals surface area contributed by atoms with Crippen molar-refractivity contribution in [1.29, 1.82) is 0 Å². The number of nitrogens with zero attached hydrogens (tertiary/aromatic N) is 2. The van der Waals surface area contributed by atoms with E-state index in [4.69, 9.17) is 5.73 Å². The Hall–Kier alpha value is -3.61. The third-order valence-corrected chi connectivity index (χ3v) is 7.39. The van der Waals surface area contributed by atoms with Crippen LogP contribution < -0.4 is 16.0 Å². The number of fused-ring (bicyclic) bond motifs is 3. The fourth-order valence-electron chi connectivity index (χ4n) is 5.86. The zero-order valence-electron chi connectivity index (χ0n) is 20.6. The Balaban J connectivity index is 0.00000380. The van der Waals surface area contributed by atoms with Crippen LogP contribution in [0.25, 0.3) is 5.76 Å². The molecule has 1 aromatic rings. The van der Waals surface area contributed by atoms with Gasteiger partial charge < -0.3 is 36.4 Å². The molecular formula is C24H29ClN4O8. The summed E-state index contributed by atoms with van der Waals surface area (Å²) in [5, 5.41) is 47.0. The molecule has 1 saturated carbocycles. The van der Waals surface area contributed by atoms with Crippen molar-refractivity contribution in [2.24, 2.45) is 17.6 Å². The minimum absolute atomic E-state index is 0. The van der Waals surface area contributed by atoms with Crippen LogP contribution in [0.3, 0.4) is 0 Å². The van der Waals surface area contributed by atoms with E-state index in [0.29, 0.717) is 17.7 Å². The van der Waals surface area contributed by atoms with Gasteiger partial charge in [0.25, 0.3) is 5.91 Å². The van der Waals surface area contributed by atoms with E-state index in [2.05, 4.69) is 5.32 Å².